The molecule has 0 radical (unpaired) electrons. The number of carbonyl (C=O) groups is 2. The summed E-state index contributed by atoms with van der Waals surface area (Å²) < 4.78 is 0. The van der Waals surface area contributed by atoms with E-state index in [2.05, 4.69) is 5.32 Å². The van der Waals surface area contributed by atoms with Crippen LogP contribution in [0, 0.1) is 5.92 Å². The van der Waals surface area contributed by atoms with Gasteiger partial charge in [0.05, 0.1) is 20.8 Å². The molecular formula is C25H21Cl3N2O2. The second-order valence-corrected chi connectivity index (χ2v) is 8.97. The molecule has 0 atom stereocenters. The Morgan fingerprint density at radius 2 is 1.38 bits per heavy atom. The van der Waals surface area contributed by atoms with Crippen LogP contribution in [0.1, 0.15) is 23.2 Å². The third-order valence-corrected chi connectivity index (χ3v) is 6.69. The Kier molecular flexibility index (Phi) is 7.04. The molecule has 2 amide bonds. The molecule has 3 aromatic rings. The van der Waals surface area contributed by atoms with Crippen LogP contribution in [0.3, 0.4) is 0 Å². The van der Waals surface area contributed by atoms with E-state index >= 15 is 0 Å². The Morgan fingerprint density at radius 3 is 2.03 bits per heavy atom. The van der Waals surface area contributed by atoms with Crippen molar-refractivity contribution in [3.05, 3.63) is 87.4 Å². The normalized spacial score (nSPS) is 14.3. The number of likely N-dealkylation sites (tertiary alicyclic amines) is 1. The van der Waals surface area contributed by atoms with Gasteiger partial charge in [-0.15, -0.1) is 0 Å². The van der Waals surface area contributed by atoms with E-state index in [-0.39, 0.29) is 17.7 Å². The highest BCUT2D eigenvalue weighted by Gasteiger charge is 2.28. The first-order valence-corrected chi connectivity index (χ1v) is 11.5. The SMILES string of the molecule is O=C(Nc1cc(Cl)c(Cl)cc1Cl)C1CCN(C(=O)c2ccc(-c3ccccc3)cc2)CC1. The number of amides is 2. The quantitative estimate of drug-likeness (QED) is 0.411. The molecule has 0 aromatic heterocycles. The highest BCUT2D eigenvalue weighted by molar-refractivity contribution is 6.44. The predicted octanol–water partition coefficient (Wildman–Crippen LogP) is 6.80. The average molecular weight is 488 g/mol. The summed E-state index contributed by atoms with van der Waals surface area (Å²) in [5.74, 6) is -0.356. The molecular weight excluding hydrogens is 467 g/mol. The monoisotopic (exact) mass is 486 g/mol. The lowest BCUT2D eigenvalue weighted by Crippen LogP contribution is -2.41. The van der Waals surface area contributed by atoms with Crippen molar-refractivity contribution in [3.63, 3.8) is 0 Å². The summed E-state index contributed by atoms with van der Waals surface area (Å²) in [7, 11) is 0. The number of anilines is 1. The lowest BCUT2D eigenvalue weighted by atomic mass is 9.95. The van der Waals surface area contributed by atoms with Crippen molar-refractivity contribution in [3.8, 4) is 11.1 Å². The minimum Gasteiger partial charge on any atom is -0.339 e. The molecule has 1 aliphatic heterocycles. The van der Waals surface area contributed by atoms with Crippen LogP contribution >= 0.6 is 34.8 Å². The van der Waals surface area contributed by atoms with Gasteiger partial charge in [-0.2, -0.15) is 0 Å². The maximum atomic E-state index is 12.9. The van der Waals surface area contributed by atoms with E-state index in [1.54, 1.807) is 11.0 Å². The fourth-order valence-electron chi connectivity index (χ4n) is 3.82. The number of rotatable bonds is 4. The Morgan fingerprint density at radius 1 is 0.781 bits per heavy atom. The molecule has 0 spiro atoms. The lowest BCUT2D eigenvalue weighted by molar-refractivity contribution is -0.121. The van der Waals surface area contributed by atoms with Crippen LogP contribution in [0.2, 0.25) is 15.1 Å². The fourth-order valence-corrected chi connectivity index (χ4v) is 4.41. The Bertz CT molecular complexity index is 1130. The summed E-state index contributed by atoms with van der Waals surface area (Å²) >= 11 is 18.1. The minimum atomic E-state index is -0.204. The molecule has 0 bridgehead atoms. The van der Waals surface area contributed by atoms with Gasteiger partial charge < -0.3 is 10.2 Å². The largest absolute Gasteiger partial charge is 0.339 e. The van der Waals surface area contributed by atoms with Crippen molar-refractivity contribution in [2.45, 2.75) is 12.8 Å². The third kappa shape index (κ3) is 5.09. The molecule has 32 heavy (non-hydrogen) atoms. The van der Waals surface area contributed by atoms with Gasteiger partial charge >= 0.3 is 0 Å². The smallest absolute Gasteiger partial charge is 0.253 e. The molecule has 1 fully saturated rings. The van der Waals surface area contributed by atoms with E-state index in [4.69, 9.17) is 34.8 Å². The van der Waals surface area contributed by atoms with E-state index in [0.29, 0.717) is 52.2 Å². The molecule has 3 aromatic carbocycles. The molecule has 7 heteroatoms. The molecule has 0 saturated carbocycles. The summed E-state index contributed by atoms with van der Waals surface area (Å²) in [6, 6.07) is 20.7. The van der Waals surface area contributed by atoms with Crippen molar-refractivity contribution in [2.75, 3.05) is 18.4 Å². The number of halogens is 3. The maximum Gasteiger partial charge on any atom is 0.253 e. The van der Waals surface area contributed by atoms with Crippen LogP contribution in [-0.4, -0.2) is 29.8 Å². The third-order valence-electron chi connectivity index (χ3n) is 5.66. The Balaban J connectivity index is 1.34. The van der Waals surface area contributed by atoms with Gasteiger partial charge in [-0.25, -0.2) is 0 Å². The minimum absolute atomic E-state index is 0.0176. The molecule has 1 saturated heterocycles. The zero-order valence-corrected chi connectivity index (χ0v) is 19.4. The Hall–Kier alpha value is -2.53. The number of piperidine rings is 1. The van der Waals surface area contributed by atoms with E-state index in [9.17, 15) is 9.59 Å². The van der Waals surface area contributed by atoms with Gasteiger partial charge in [-0.3, -0.25) is 9.59 Å². The summed E-state index contributed by atoms with van der Waals surface area (Å²) in [4.78, 5) is 27.4. The summed E-state index contributed by atoms with van der Waals surface area (Å²) in [6.07, 6.45) is 1.16. The van der Waals surface area contributed by atoms with Crippen molar-refractivity contribution >= 4 is 52.3 Å². The molecule has 0 aliphatic carbocycles. The van der Waals surface area contributed by atoms with Crippen molar-refractivity contribution in [2.24, 2.45) is 5.92 Å². The van der Waals surface area contributed by atoms with Crippen LogP contribution in [0.5, 0.6) is 0 Å². The predicted molar refractivity (Wildman–Crippen MR) is 131 cm³/mol. The summed E-state index contributed by atoms with van der Waals surface area (Å²) in [6.45, 7) is 1.04. The van der Waals surface area contributed by atoms with Gasteiger partial charge in [0.2, 0.25) is 5.91 Å². The molecule has 1 heterocycles. The van der Waals surface area contributed by atoms with E-state index in [0.717, 1.165) is 11.1 Å². The zero-order valence-electron chi connectivity index (χ0n) is 17.2. The topological polar surface area (TPSA) is 49.4 Å². The number of hydrogen-bond acceptors (Lipinski definition) is 2. The molecule has 4 rings (SSSR count). The number of nitrogens with zero attached hydrogens (tertiary/aromatic N) is 1. The first kappa shape index (κ1) is 22.7. The van der Waals surface area contributed by atoms with Gasteiger partial charge in [0, 0.05) is 24.6 Å². The van der Waals surface area contributed by atoms with Crippen LogP contribution in [0.25, 0.3) is 11.1 Å². The van der Waals surface area contributed by atoms with Crippen LogP contribution in [0.4, 0.5) is 5.69 Å². The lowest BCUT2D eigenvalue weighted by Gasteiger charge is -2.31. The Labute approximate surface area is 202 Å². The fraction of sp³-hybridized carbons (Fsp3) is 0.200. The zero-order chi connectivity index (χ0) is 22.7. The van der Waals surface area contributed by atoms with Gasteiger partial charge in [0.15, 0.2) is 0 Å². The van der Waals surface area contributed by atoms with Gasteiger partial charge in [-0.05, 0) is 48.2 Å². The highest BCUT2D eigenvalue weighted by Crippen LogP contribution is 2.33. The van der Waals surface area contributed by atoms with E-state index in [1.165, 1.54) is 6.07 Å². The maximum absolute atomic E-state index is 12.9. The second-order valence-electron chi connectivity index (χ2n) is 7.75. The molecule has 164 valence electrons. The number of carbonyl (C=O) groups excluding carboxylic acids is 2. The molecule has 0 unspecified atom stereocenters. The van der Waals surface area contributed by atoms with E-state index in [1.807, 2.05) is 54.6 Å². The molecule has 1 N–H and O–H groups in total. The number of benzene rings is 3. The standard InChI is InChI=1S/C25H21Cl3N2O2/c26-20-14-22(28)23(15-21(20)27)29-24(31)18-10-12-30(13-11-18)25(32)19-8-6-17(7-9-19)16-4-2-1-3-5-16/h1-9,14-15,18H,10-13H2,(H,29,31). The van der Waals surface area contributed by atoms with E-state index < -0.39 is 0 Å². The van der Waals surface area contributed by atoms with Gasteiger partial charge in [0.1, 0.15) is 0 Å². The second kappa shape index (κ2) is 9.95. The highest BCUT2D eigenvalue weighted by atomic mass is 35.5. The summed E-state index contributed by atoms with van der Waals surface area (Å²) in [5, 5.41) is 3.82. The van der Waals surface area contributed by atoms with Crippen LogP contribution in [0.15, 0.2) is 66.7 Å². The van der Waals surface area contributed by atoms with Crippen LogP contribution in [-0.2, 0) is 4.79 Å². The first-order chi connectivity index (χ1) is 15.4. The van der Waals surface area contributed by atoms with Crippen molar-refractivity contribution in [1.82, 2.24) is 4.90 Å². The summed E-state index contributed by atoms with van der Waals surface area (Å²) in [5.41, 5.74) is 3.26. The molecule has 4 nitrogen and oxygen atoms in total. The van der Waals surface area contributed by atoms with Crippen LogP contribution < -0.4 is 5.32 Å². The average Bonchev–Trinajstić information content (AvgIpc) is 2.83. The number of nitrogens with one attached hydrogen (secondary N) is 1. The number of hydrogen-bond donors (Lipinski definition) is 1. The van der Waals surface area contributed by atoms with Gasteiger partial charge in [0.25, 0.3) is 5.91 Å². The first-order valence-electron chi connectivity index (χ1n) is 10.3. The molecule has 1 aliphatic rings. The van der Waals surface area contributed by atoms with Gasteiger partial charge in [-0.1, -0.05) is 77.3 Å². The van der Waals surface area contributed by atoms with Crippen molar-refractivity contribution < 1.29 is 9.59 Å². The van der Waals surface area contributed by atoms with Crippen molar-refractivity contribution in [1.29, 1.82) is 0 Å².